The van der Waals surface area contributed by atoms with Gasteiger partial charge < -0.3 is 0 Å². The highest BCUT2D eigenvalue weighted by Crippen LogP contribution is 2.20. The molecule has 0 amide bonds. The Kier molecular flexibility index (Phi) is 4.01. The molecule has 0 radical (unpaired) electrons. The molecule has 10 heavy (non-hydrogen) atoms. The van der Waals surface area contributed by atoms with E-state index in [0.29, 0.717) is 5.41 Å². The molecule has 0 rings (SSSR count). The molecule has 0 saturated carbocycles. The molecule has 0 aliphatic heterocycles. The second-order valence-electron chi connectivity index (χ2n) is 3.07. The van der Waals surface area contributed by atoms with E-state index >= 15 is 0 Å². The SMILES string of the molecule is C/C=N\C=C/C(C)(C)CC. The van der Waals surface area contributed by atoms with Crippen molar-refractivity contribution in [2.75, 3.05) is 0 Å². The van der Waals surface area contributed by atoms with Gasteiger partial charge in [-0.05, 0) is 18.8 Å². The highest BCUT2D eigenvalue weighted by molar-refractivity contribution is 5.54. The Balaban J connectivity index is 3.86. The van der Waals surface area contributed by atoms with Crippen LogP contribution in [0.25, 0.3) is 0 Å². The average Bonchev–Trinajstić information content (AvgIpc) is 1.89. The lowest BCUT2D eigenvalue weighted by atomic mass is 9.91. The quantitative estimate of drug-likeness (QED) is 0.533. The molecular formula is C9H17N. The van der Waals surface area contributed by atoms with E-state index in [1.54, 1.807) is 6.21 Å². The molecular weight excluding hydrogens is 122 g/mol. The van der Waals surface area contributed by atoms with Gasteiger partial charge in [-0.2, -0.15) is 0 Å². The lowest BCUT2D eigenvalue weighted by Gasteiger charge is -2.15. The largest absolute Gasteiger partial charge is 0.270 e. The van der Waals surface area contributed by atoms with Gasteiger partial charge in [-0.25, -0.2) is 0 Å². The maximum Gasteiger partial charge on any atom is 0.0229 e. The molecule has 0 aromatic heterocycles. The smallest absolute Gasteiger partial charge is 0.0229 e. The van der Waals surface area contributed by atoms with Crippen LogP contribution in [0, 0.1) is 5.41 Å². The Morgan fingerprint density at radius 1 is 1.40 bits per heavy atom. The normalized spacial score (nSPS) is 13.6. The summed E-state index contributed by atoms with van der Waals surface area (Å²) in [4.78, 5) is 4.00. The fraction of sp³-hybridized carbons (Fsp3) is 0.667. The third-order valence-electron chi connectivity index (χ3n) is 1.67. The zero-order chi connectivity index (χ0) is 8.04. The number of allylic oxidation sites excluding steroid dienone is 1. The summed E-state index contributed by atoms with van der Waals surface area (Å²) < 4.78 is 0. The molecule has 0 spiro atoms. The summed E-state index contributed by atoms with van der Waals surface area (Å²) in [7, 11) is 0. The minimum absolute atomic E-state index is 0.298. The van der Waals surface area contributed by atoms with E-state index in [-0.39, 0.29) is 0 Å². The number of hydrogen-bond acceptors (Lipinski definition) is 1. The van der Waals surface area contributed by atoms with E-state index in [4.69, 9.17) is 0 Å². The molecule has 0 bridgehead atoms. The van der Waals surface area contributed by atoms with Crippen molar-refractivity contribution in [3.05, 3.63) is 12.3 Å². The predicted octanol–water partition coefficient (Wildman–Crippen LogP) is 3.03. The number of hydrogen-bond donors (Lipinski definition) is 0. The third-order valence-corrected chi connectivity index (χ3v) is 1.67. The Morgan fingerprint density at radius 3 is 2.40 bits per heavy atom. The lowest BCUT2D eigenvalue weighted by Crippen LogP contribution is -2.03. The van der Waals surface area contributed by atoms with Gasteiger partial charge in [-0.3, -0.25) is 4.99 Å². The maximum atomic E-state index is 4.00. The molecule has 0 aromatic carbocycles. The molecule has 0 atom stereocenters. The first-order chi connectivity index (χ1) is 4.62. The van der Waals surface area contributed by atoms with Crippen molar-refractivity contribution in [3.63, 3.8) is 0 Å². The summed E-state index contributed by atoms with van der Waals surface area (Å²) in [5.74, 6) is 0. The molecule has 1 nitrogen and oxygen atoms in total. The summed E-state index contributed by atoms with van der Waals surface area (Å²) in [6.07, 6.45) is 6.95. The summed E-state index contributed by atoms with van der Waals surface area (Å²) in [6.45, 7) is 8.51. The third kappa shape index (κ3) is 4.30. The molecule has 0 unspecified atom stereocenters. The first-order valence-corrected chi connectivity index (χ1v) is 3.78. The lowest BCUT2D eigenvalue weighted by molar-refractivity contribution is 0.461. The van der Waals surface area contributed by atoms with Gasteiger partial charge >= 0.3 is 0 Å². The standard InChI is InChI=1S/C9H17N/c1-5-9(3,4)7-8-10-6-2/h6-8H,5H2,1-4H3/b8-7-,10-6-. The van der Waals surface area contributed by atoms with Gasteiger partial charge in [0.15, 0.2) is 0 Å². The van der Waals surface area contributed by atoms with Crippen LogP contribution in [-0.4, -0.2) is 6.21 Å². The van der Waals surface area contributed by atoms with Crippen LogP contribution >= 0.6 is 0 Å². The Bertz CT molecular complexity index is 132. The molecule has 0 N–H and O–H groups in total. The summed E-state index contributed by atoms with van der Waals surface area (Å²) in [6, 6.07) is 0. The minimum Gasteiger partial charge on any atom is -0.270 e. The van der Waals surface area contributed by atoms with Crippen molar-refractivity contribution in [1.82, 2.24) is 0 Å². The van der Waals surface area contributed by atoms with Gasteiger partial charge in [0.25, 0.3) is 0 Å². The van der Waals surface area contributed by atoms with Crippen LogP contribution in [0.1, 0.15) is 34.1 Å². The van der Waals surface area contributed by atoms with Crippen LogP contribution < -0.4 is 0 Å². The average molecular weight is 139 g/mol. The Hall–Kier alpha value is -0.590. The number of aliphatic imine (C=N–C) groups is 1. The van der Waals surface area contributed by atoms with Gasteiger partial charge in [-0.1, -0.05) is 26.8 Å². The van der Waals surface area contributed by atoms with Crippen molar-refractivity contribution in [1.29, 1.82) is 0 Å². The highest BCUT2D eigenvalue weighted by atomic mass is 14.7. The molecule has 0 saturated heterocycles. The molecule has 1 heteroatoms. The van der Waals surface area contributed by atoms with E-state index < -0.39 is 0 Å². The molecule has 0 heterocycles. The fourth-order valence-corrected chi connectivity index (χ4v) is 0.449. The van der Waals surface area contributed by atoms with Crippen molar-refractivity contribution >= 4 is 6.21 Å². The molecule has 0 aliphatic rings. The monoisotopic (exact) mass is 139 g/mol. The minimum atomic E-state index is 0.298. The Labute approximate surface area is 63.9 Å². The van der Waals surface area contributed by atoms with Gasteiger partial charge in [0, 0.05) is 12.4 Å². The first kappa shape index (κ1) is 9.41. The number of nitrogens with zero attached hydrogens (tertiary/aromatic N) is 1. The van der Waals surface area contributed by atoms with E-state index in [0.717, 1.165) is 6.42 Å². The van der Waals surface area contributed by atoms with Crippen LogP contribution in [0.5, 0.6) is 0 Å². The van der Waals surface area contributed by atoms with Crippen LogP contribution in [0.3, 0.4) is 0 Å². The van der Waals surface area contributed by atoms with Crippen molar-refractivity contribution in [2.45, 2.75) is 34.1 Å². The molecule has 0 fully saturated rings. The molecule has 0 aromatic rings. The van der Waals surface area contributed by atoms with Crippen molar-refractivity contribution in [2.24, 2.45) is 10.4 Å². The van der Waals surface area contributed by atoms with E-state index in [1.807, 2.05) is 13.1 Å². The second-order valence-corrected chi connectivity index (χ2v) is 3.07. The highest BCUT2D eigenvalue weighted by Gasteiger charge is 2.08. The van der Waals surface area contributed by atoms with Gasteiger partial charge in [-0.15, -0.1) is 0 Å². The molecule has 0 aliphatic carbocycles. The van der Waals surface area contributed by atoms with Crippen LogP contribution in [0.15, 0.2) is 17.3 Å². The van der Waals surface area contributed by atoms with Crippen molar-refractivity contribution < 1.29 is 0 Å². The Morgan fingerprint density at radius 2 is 2.00 bits per heavy atom. The molecule has 58 valence electrons. The number of rotatable bonds is 3. The van der Waals surface area contributed by atoms with E-state index in [2.05, 4.69) is 31.8 Å². The van der Waals surface area contributed by atoms with Crippen molar-refractivity contribution in [3.8, 4) is 0 Å². The van der Waals surface area contributed by atoms with Crippen LogP contribution in [0.4, 0.5) is 0 Å². The van der Waals surface area contributed by atoms with Gasteiger partial charge in [0.1, 0.15) is 0 Å². The van der Waals surface area contributed by atoms with E-state index in [1.165, 1.54) is 0 Å². The predicted molar refractivity (Wildman–Crippen MR) is 47.4 cm³/mol. The van der Waals surface area contributed by atoms with E-state index in [9.17, 15) is 0 Å². The topological polar surface area (TPSA) is 12.4 Å². The van der Waals surface area contributed by atoms with Gasteiger partial charge in [0.05, 0.1) is 0 Å². The fourth-order valence-electron chi connectivity index (χ4n) is 0.449. The van der Waals surface area contributed by atoms with Gasteiger partial charge in [0.2, 0.25) is 0 Å². The zero-order valence-corrected chi connectivity index (χ0v) is 7.39. The zero-order valence-electron chi connectivity index (χ0n) is 7.39. The summed E-state index contributed by atoms with van der Waals surface area (Å²) >= 11 is 0. The van der Waals surface area contributed by atoms with Crippen LogP contribution in [0.2, 0.25) is 0 Å². The first-order valence-electron chi connectivity index (χ1n) is 3.78. The second kappa shape index (κ2) is 4.26. The maximum absolute atomic E-state index is 4.00. The summed E-state index contributed by atoms with van der Waals surface area (Å²) in [5, 5.41) is 0. The van der Waals surface area contributed by atoms with Crippen LogP contribution in [-0.2, 0) is 0 Å². The summed E-state index contributed by atoms with van der Waals surface area (Å²) in [5.41, 5.74) is 0.298.